The predicted octanol–water partition coefficient (Wildman–Crippen LogP) is 0.322. The van der Waals surface area contributed by atoms with E-state index in [-0.39, 0.29) is 17.9 Å². The van der Waals surface area contributed by atoms with Crippen molar-refractivity contribution in [3.63, 3.8) is 0 Å². The van der Waals surface area contributed by atoms with Gasteiger partial charge in [-0.2, -0.15) is 4.99 Å². The largest absolute Gasteiger partial charge is 0.436 e. The van der Waals surface area contributed by atoms with Gasteiger partial charge >= 0.3 is 11.8 Å². The van der Waals surface area contributed by atoms with Crippen LogP contribution in [0.1, 0.15) is 6.42 Å². The molecule has 0 unspecified atom stereocenters. The highest BCUT2D eigenvalue weighted by Gasteiger charge is 2.30. The molecule has 0 aromatic heterocycles. The quantitative estimate of drug-likeness (QED) is 0.342. The highest BCUT2D eigenvalue weighted by Crippen LogP contribution is 2.26. The van der Waals surface area contributed by atoms with Crippen LogP contribution in [0.15, 0.2) is 28.5 Å². The van der Waals surface area contributed by atoms with E-state index in [9.17, 15) is 14.9 Å². The summed E-state index contributed by atoms with van der Waals surface area (Å²) >= 11 is 0. The molecule has 2 aliphatic rings. The number of ether oxygens (including phenoxy) is 2. The Balaban J connectivity index is 2.19. The lowest BCUT2D eigenvalue weighted by atomic mass is 10.3. The maximum absolute atomic E-state index is 11.0. The molecule has 2 rings (SSSR count). The van der Waals surface area contributed by atoms with E-state index in [4.69, 9.17) is 9.47 Å². The summed E-state index contributed by atoms with van der Waals surface area (Å²) in [6.45, 7) is 0. The standard InChI is InChI=1S/C7H4N2O5/c10-7-6(13-3-8-7)4-1-2-5(14-4)9(11)12/h2-3H,1H2. The molecule has 7 heteroatoms. The predicted molar refractivity (Wildman–Crippen MR) is 42.4 cm³/mol. The lowest BCUT2D eigenvalue weighted by molar-refractivity contribution is -0.458. The van der Waals surface area contributed by atoms with Crippen molar-refractivity contribution >= 4 is 12.3 Å². The zero-order valence-electron chi connectivity index (χ0n) is 6.80. The van der Waals surface area contributed by atoms with Gasteiger partial charge in [0.2, 0.25) is 5.76 Å². The topological polar surface area (TPSA) is 91.0 Å². The van der Waals surface area contributed by atoms with Gasteiger partial charge in [0.25, 0.3) is 0 Å². The minimum atomic E-state index is -0.673. The fraction of sp³-hybridized carbons (Fsp3) is 0.143. The van der Waals surface area contributed by atoms with Crippen molar-refractivity contribution < 1.29 is 19.2 Å². The SMILES string of the molecule is O=C1N=COC1=C1CC=C([N+](=O)[O-])O1. The summed E-state index contributed by atoms with van der Waals surface area (Å²) in [6.07, 6.45) is 2.40. The van der Waals surface area contributed by atoms with Gasteiger partial charge in [0, 0.05) is 12.5 Å². The van der Waals surface area contributed by atoms with E-state index in [1.165, 1.54) is 6.08 Å². The van der Waals surface area contributed by atoms with E-state index in [2.05, 4.69) is 4.99 Å². The number of nitrogens with zero attached hydrogens (tertiary/aromatic N) is 2. The molecule has 14 heavy (non-hydrogen) atoms. The van der Waals surface area contributed by atoms with Gasteiger partial charge in [-0.3, -0.25) is 14.9 Å². The van der Waals surface area contributed by atoms with Crippen molar-refractivity contribution in [2.75, 3.05) is 0 Å². The number of carbonyl (C=O) groups excluding carboxylic acids is 1. The zero-order chi connectivity index (χ0) is 10.1. The van der Waals surface area contributed by atoms with Crippen molar-refractivity contribution in [1.82, 2.24) is 0 Å². The van der Waals surface area contributed by atoms with E-state index >= 15 is 0 Å². The zero-order valence-corrected chi connectivity index (χ0v) is 6.80. The number of hydrogen-bond acceptors (Lipinski definition) is 5. The number of nitro groups is 1. The Bertz CT molecular complexity index is 406. The Kier molecular flexibility index (Phi) is 1.77. The van der Waals surface area contributed by atoms with Crippen LogP contribution in [0.4, 0.5) is 0 Å². The molecule has 1 amide bonds. The van der Waals surface area contributed by atoms with Crippen LogP contribution >= 0.6 is 0 Å². The first-order valence-corrected chi connectivity index (χ1v) is 3.67. The van der Waals surface area contributed by atoms with Crippen LogP contribution in [-0.2, 0) is 14.3 Å². The van der Waals surface area contributed by atoms with E-state index in [1.807, 2.05) is 0 Å². The number of allylic oxidation sites excluding steroid dienone is 1. The number of amides is 1. The van der Waals surface area contributed by atoms with E-state index in [1.54, 1.807) is 0 Å². The van der Waals surface area contributed by atoms with Crippen LogP contribution < -0.4 is 0 Å². The molecule has 0 saturated carbocycles. The third-order valence-electron chi connectivity index (χ3n) is 1.66. The molecule has 0 saturated heterocycles. The average Bonchev–Trinajstić information content (AvgIpc) is 2.71. The van der Waals surface area contributed by atoms with E-state index in [0.717, 1.165) is 6.40 Å². The maximum atomic E-state index is 11.0. The van der Waals surface area contributed by atoms with Gasteiger partial charge in [-0.15, -0.1) is 0 Å². The highest BCUT2D eigenvalue weighted by molar-refractivity contribution is 6.01. The third kappa shape index (κ3) is 1.24. The van der Waals surface area contributed by atoms with Crippen molar-refractivity contribution in [2.24, 2.45) is 4.99 Å². The summed E-state index contributed by atoms with van der Waals surface area (Å²) in [4.78, 5) is 23.9. The molecule has 0 aliphatic carbocycles. The highest BCUT2D eigenvalue weighted by atomic mass is 16.7. The minimum Gasteiger partial charge on any atom is -0.436 e. The first-order chi connectivity index (χ1) is 6.68. The van der Waals surface area contributed by atoms with Crippen LogP contribution in [0.5, 0.6) is 0 Å². The summed E-state index contributed by atoms with van der Waals surface area (Å²) in [5.41, 5.74) is 0. The van der Waals surface area contributed by atoms with Gasteiger partial charge in [0.15, 0.2) is 12.2 Å². The molecule has 0 bridgehead atoms. The third-order valence-corrected chi connectivity index (χ3v) is 1.66. The molecule has 0 aromatic rings. The van der Waals surface area contributed by atoms with Gasteiger partial charge in [0.05, 0.1) is 0 Å². The molecule has 0 fully saturated rings. The second-order valence-corrected chi connectivity index (χ2v) is 2.52. The minimum absolute atomic E-state index is 0.0851. The van der Waals surface area contributed by atoms with E-state index in [0.29, 0.717) is 0 Å². The Morgan fingerprint density at radius 1 is 1.57 bits per heavy atom. The molecule has 0 radical (unpaired) electrons. The molecule has 0 atom stereocenters. The second kappa shape index (κ2) is 2.95. The van der Waals surface area contributed by atoms with E-state index < -0.39 is 16.7 Å². The van der Waals surface area contributed by atoms with Crippen LogP contribution in [0.3, 0.4) is 0 Å². The average molecular weight is 196 g/mol. The molecule has 2 aliphatic heterocycles. The molecular formula is C7H4N2O5. The Hall–Kier alpha value is -2.18. The maximum Gasteiger partial charge on any atom is 0.429 e. The molecule has 0 spiro atoms. The Morgan fingerprint density at radius 3 is 2.86 bits per heavy atom. The fourth-order valence-corrected chi connectivity index (χ4v) is 1.06. The van der Waals surface area contributed by atoms with Crippen molar-refractivity contribution in [2.45, 2.75) is 6.42 Å². The molecule has 72 valence electrons. The molecule has 2 heterocycles. The van der Waals surface area contributed by atoms with Crippen molar-refractivity contribution in [3.8, 4) is 0 Å². The number of hydrogen-bond donors (Lipinski definition) is 0. The van der Waals surface area contributed by atoms with Gasteiger partial charge in [-0.05, 0) is 0 Å². The van der Waals surface area contributed by atoms with Crippen LogP contribution in [0.25, 0.3) is 0 Å². The number of rotatable bonds is 1. The summed E-state index contributed by atoms with van der Waals surface area (Å²) < 4.78 is 9.53. The first-order valence-electron chi connectivity index (χ1n) is 3.67. The Morgan fingerprint density at radius 2 is 2.36 bits per heavy atom. The van der Waals surface area contributed by atoms with Gasteiger partial charge in [-0.1, -0.05) is 0 Å². The van der Waals surface area contributed by atoms with Crippen molar-refractivity contribution in [3.05, 3.63) is 33.6 Å². The molecule has 0 aromatic carbocycles. The number of carbonyl (C=O) groups is 1. The Labute approximate surface area is 77.5 Å². The van der Waals surface area contributed by atoms with Crippen LogP contribution in [0.2, 0.25) is 0 Å². The smallest absolute Gasteiger partial charge is 0.429 e. The first kappa shape index (κ1) is 8.42. The summed E-state index contributed by atoms with van der Waals surface area (Å²) in [5, 5.41) is 10.3. The molecular weight excluding hydrogens is 192 g/mol. The normalized spacial score (nSPS) is 24.6. The lowest BCUT2D eigenvalue weighted by Gasteiger charge is -1.99. The monoisotopic (exact) mass is 196 g/mol. The summed E-state index contributed by atoms with van der Waals surface area (Å²) in [7, 11) is 0. The fourth-order valence-electron chi connectivity index (χ4n) is 1.06. The lowest BCUT2D eigenvalue weighted by Crippen LogP contribution is -2.02. The second-order valence-electron chi connectivity index (χ2n) is 2.52. The number of aliphatic imine (C=N–C) groups is 1. The molecule has 0 N–H and O–H groups in total. The van der Waals surface area contributed by atoms with Gasteiger partial charge in [0.1, 0.15) is 4.92 Å². The summed E-state index contributed by atoms with van der Waals surface area (Å²) in [5.74, 6) is -0.939. The molecule has 7 nitrogen and oxygen atoms in total. The van der Waals surface area contributed by atoms with Gasteiger partial charge in [-0.25, -0.2) is 0 Å². The van der Waals surface area contributed by atoms with Gasteiger partial charge < -0.3 is 9.47 Å². The van der Waals surface area contributed by atoms with Crippen LogP contribution in [-0.4, -0.2) is 17.2 Å². The van der Waals surface area contributed by atoms with Crippen LogP contribution in [0, 0.1) is 10.1 Å². The summed E-state index contributed by atoms with van der Waals surface area (Å²) in [6, 6.07) is 0. The van der Waals surface area contributed by atoms with Crippen molar-refractivity contribution in [1.29, 1.82) is 0 Å².